The number of aromatic amines is 1. The summed E-state index contributed by atoms with van der Waals surface area (Å²) in [6, 6.07) is 14.8. The van der Waals surface area contributed by atoms with Crippen molar-refractivity contribution < 1.29 is 9.47 Å². The van der Waals surface area contributed by atoms with E-state index in [-0.39, 0.29) is 6.04 Å². The molecule has 2 N–H and O–H groups in total. The van der Waals surface area contributed by atoms with Gasteiger partial charge in [0.2, 0.25) is 0 Å². The first-order valence-corrected chi connectivity index (χ1v) is 9.45. The lowest BCUT2D eigenvalue weighted by atomic mass is 9.94. The second-order valence-corrected chi connectivity index (χ2v) is 7.29. The largest absolute Gasteiger partial charge is 0.497 e. The Kier molecular flexibility index (Phi) is 5.05. The summed E-state index contributed by atoms with van der Waals surface area (Å²) >= 11 is 0. The predicted molar refractivity (Wildman–Crippen MR) is 109 cm³/mol. The molecule has 1 aliphatic rings. The Hall–Kier alpha value is -2.50. The summed E-state index contributed by atoms with van der Waals surface area (Å²) in [6.45, 7) is 2.57. The monoisotopic (exact) mass is 365 g/mol. The number of benzene rings is 2. The van der Waals surface area contributed by atoms with Crippen molar-refractivity contribution in [3.05, 3.63) is 59.3 Å². The Morgan fingerprint density at radius 3 is 2.59 bits per heavy atom. The predicted octanol–water partition coefficient (Wildman–Crippen LogP) is 3.35. The molecule has 0 saturated heterocycles. The van der Waals surface area contributed by atoms with E-state index in [4.69, 9.17) is 9.47 Å². The van der Waals surface area contributed by atoms with E-state index >= 15 is 0 Å². The van der Waals surface area contributed by atoms with Gasteiger partial charge in [-0.1, -0.05) is 12.1 Å². The Morgan fingerprint density at radius 2 is 1.85 bits per heavy atom. The highest BCUT2D eigenvalue weighted by Crippen LogP contribution is 2.35. The van der Waals surface area contributed by atoms with Crippen molar-refractivity contribution in [1.29, 1.82) is 0 Å². The third kappa shape index (κ3) is 3.66. The molecular formula is C22H27N3O2. The molecule has 1 aliphatic heterocycles. The summed E-state index contributed by atoms with van der Waals surface area (Å²) in [4.78, 5) is 5.74. The third-order valence-electron chi connectivity index (χ3n) is 5.18. The van der Waals surface area contributed by atoms with Crippen LogP contribution in [0.1, 0.15) is 22.9 Å². The molecular weight excluding hydrogens is 338 g/mol. The van der Waals surface area contributed by atoms with E-state index < -0.39 is 0 Å². The summed E-state index contributed by atoms with van der Waals surface area (Å²) < 4.78 is 11.2. The van der Waals surface area contributed by atoms with Gasteiger partial charge in [0.25, 0.3) is 0 Å². The molecule has 5 nitrogen and oxygen atoms in total. The number of hydrogen-bond donors (Lipinski definition) is 2. The molecule has 4 rings (SSSR count). The average Bonchev–Trinajstić information content (AvgIpc) is 3.06. The number of nitrogens with one attached hydrogen (secondary N) is 2. The first kappa shape index (κ1) is 17.9. The smallest absolute Gasteiger partial charge is 0.119 e. The molecule has 0 fully saturated rings. The molecule has 0 amide bonds. The number of ether oxygens (including phenoxy) is 2. The highest BCUT2D eigenvalue weighted by Gasteiger charge is 2.25. The van der Waals surface area contributed by atoms with Crippen LogP contribution in [0.4, 0.5) is 0 Å². The lowest BCUT2D eigenvalue weighted by Crippen LogP contribution is -2.30. The number of rotatable bonds is 6. The SMILES string of the molecule is COc1ccc2[nH]c3c(c2c1)CCNC3c1ccc(OCCN(C)C)cc1. The van der Waals surface area contributed by atoms with Crippen molar-refractivity contribution in [2.75, 3.05) is 40.9 Å². The van der Waals surface area contributed by atoms with Crippen LogP contribution in [0.25, 0.3) is 10.9 Å². The van der Waals surface area contributed by atoms with E-state index in [1.165, 1.54) is 22.2 Å². The number of nitrogens with zero attached hydrogens (tertiary/aromatic N) is 1. The minimum Gasteiger partial charge on any atom is -0.497 e. The minimum absolute atomic E-state index is 0.169. The van der Waals surface area contributed by atoms with Crippen LogP contribution >= 0.6 is 0 Å². The molecule has 27 heavy (non-hydrogen) atoms. The fraction of sp³-hybridized carbons (Fsp3) is 0.364. The maximum atomic E-state index is 5.82. The number of H-pyrrole nitrogens is 1. The van der Waals surface area contributed by atoms with Gasteiger partial charge in [0.05, 0.1) is 13.2 Å². The highest BCUT2D eigenvalue weighted by molar-refractivity contribution is 5.86. The third-order valence-corrected chi connectivity index (χ3v) is 5.18. The zero-order chi connectivity index (χ0) is 18.8. The van der Waals surface area contributed by atoms with E-state index in [0.29, 0.717) is 6.61 Å². The second kappa shape index (κ2) is 7.62. The van der Waals surface area contributed by atoms with Gasteiger partial charge < -0.3 is 24.7 Å². The maximum Gasteiger partial charge on any atom is 0.119 e. The molecule has 5 heteroatoms. The zero-order valence-corrected chi connectivity index (χ0v) is 16.2. The number of aromatic nitrogens is 1. The summed E-state index contributed by atoms with van der Waals surface area (Å²) in [5.41, 5.74) is 5.05. The van der Waals surface area contributed by atoms with Crippen LogP contribution in [-0.4, -0.2) is 50.8 Å². The van der Waals surface area contributed by atoms with Gasteiger partial charge in [-0.2, -0.15) is 0 Å². The van der Waals surface area contributed by atoms with E-state index in [9.17, 15) is 0 Å². The van der Waals surface area contributed by atoms with Gasteiger partial charge >= 0.3 is 0 Å². The van der Waals surface area contributed by atoms with E-state index in [1.807, 2.05) is 6.07 Å². The van der Waals surface area contributed by atoms with Crippen LogP contribution in [0.3, 0.4) is 0 Å². The Labute approximate surface area is 160 Å². The molecule has 3 aromatic rings. The van der Waals surface area contributed by atoms with Crippen LogP contribution < -0.4 is 14.8 Å². The minimum atomic E-state index is 0.169. The van der Waals surface area contributed by atoms with Crippen LogP contribution in [0.15, 0.2) is 42.5 Å². The lowest BCUT2D eigenvalue weighted by molar-refractivity contribution is 0.261. The maximum absolute atomic E-state index is 5.82. The molecule has 1 atom stereocenters. The van der Waals surface area contributed by atoms with Crippen LogP contribution in [0, 0.1) is 0 Å². The average molecular weight is 365 g/mol. The van der Waals surface area contributed by atoms with Gasteiger partial charge in [-0.05, 0) is 62.0 Å². The molecule has 142 valence electrons. The van der Waals surface area contributed by atoms with Crippen molar-refractivity contribution >= 4 is 10.9 Å². The Balaban J connectivity index is 1.59. The van der Waals surface area contributed by atoms with Crippen LogP contribution in [0.5, 0.6) is 11.5 Å². The normalized spacial score (nSPS) is 16.5. The summed E-state index contributed by atoms with van der Waals surface area (Å²) in [5.74, 6) is 1.82. The van der Waals surface area contributed by atoms with E-state index in [0.717, 1.165) is 36.5 Å². The first-order chi connectivity index (χ1) is 13.2. The summed E-state index contributed by atoms with van der Waals surface area (Å²) in [7, 11) is 5.82. The van der Waals surface area contributed by atoms with Crippen molar-refractivity contribution in [1.82, 2.24) is 15.2 Å². The van der Waals surface area contributed by atoms with Crippen molar-refractivity contribution in [3.8, 4) is 11.5 Å². The molecule has 1 unspecified atom stereocenters. The molecule has 2 heterocycles. The molecule has 2 aromatic carbocycles. The van der Waals surface area contributed by atoms with E-state index in [2.05, 4.69) is 65.7 Å². The van der Waals surface area contributed by atoms with Gasteiger partial charge in [-0.3, -0.25) is 0 Å². The van der Waals surface area contributed by atoms with Gasteiger partial charge in [0, 0.05) is 29.7 Å². The molecule has 0 spiro atoms. The molecule has 1 aromatic heterocycles. The van der Waals surface area contributed by atoms with E-state index in [1.54, 1.807) is 7.11 Å². The van der Waals surface area contributed by atoms with Gasteiger partial charge in [-0.15, -0.1) is 0 Å². The first-order valence-electron chi connectivity index (χ1n) is 9.45. The summed E-state index contributed by atoms with van der Waals surface area (Å²) in [5, 5.41) is 4.91. The van der Waals surface area contributed by atoms with Crippen molar-refractivity contribution in [3.63, 3.8) is 0 Å². The van der Waals surface area contributed by atoms with Crippen LogP contribution in [-0.2, 0) is 6.42 Å². The van der Waals surface area contributed by atoms with Gasteiger partial charge in [0.1, 0.15) is 18.1 Å². The standard InChI is InChI=1S/C22H27N3O2/c1-25(2)12-13-27-16-6-4-15(5-7-16)21-22-18(10-11-23-21)19-14-17(26-3)8-9-20(19)24-22/h4-9,14,21,23-24H,10-13H2,1-3H3. The Morgan fingerprint density at radius 1 is 1.07 bits per heavy atom. The van der Waals surface area contributed by atoms with Gasteiger partial charge in [0.15, 0.2) is 0 Å². The number of hydrogen-bond acceptors (Lipinski definition) is 4. The fourth-order valence-electron chi connectivity index (χ4n) is 3.72. The number of methoxy groups -OCH3 is 1. The quantitative estimate of drug-likeness (QED) is 0.703. The fourth-order valence-corrected chi connectivity index (χ4v) is 3.72. The molecule has 0 bridgehead atoms. The van der Waals surface area contributed by atoms with Crippen molar-refractivity contribution in [2.24, 2.45) is 0 Å². The second-order valence-electron chi connectivity index (χ2n) is 7.29. The highest BCUT2D eigenvalue weighted by atomic mass is 16.5. The Bertz CT molecular complexity index is 915. The zero-order valence-electron chi connectivity index (χ0n) is 16.2. The molecule has 0 saturated carbocycles. The van der Waals surface area contributed by atoms with Crippen molar-refractivity contribution in [2.45, 2.75) is 12.5 Å². The lowest BCUT2D eigenvalue weighted by Gasteiger charge is -2.25. The van der Waals surface area contributed by atoms with Gasteiger partial charge in [-0.25, -0.2) is 0 Å². The number of likely N-dealkylation sites (N-methyl/N-ethyl adjacent to an activating group) is 1. The topological polar surface area (TPSA) is 49.5 Å². The molecule has 0 aliphatic carbocycles. The van der Waals surface area contributed by atoms with Crippen LogP contribution in [0.2, 0.25) is 0 Å². The summed E-state index contributed by atoms with van der Waals surface area (Å²) in [6.07, 6.45) is 1.02. The number of fused-ring (bicyclic) bond motifs is 3. The molecule has 0 radical (unpaired) electrons.